The summed E-state index contributed by atoms with van der Waals surface area (Å²) in [6.45, 7) is 0. The molecule has 1 aliphatic carbocycles. The molecule has 2 aliphatic rings. The summed E-state index contributed by atoms with van der Waals surface area (Å²) in [5, 5.41) is 23.7. The van der Waals surface area contributed by atoms with Gasteiger partial charge in [-0.25, -0.2) is 4.39 Å². The number of rotatable bonds is 5. The summed E-state index contributed by atoms with van der Waals surface area (Å²) in [5.74, 6) is 0.580. The van der Waals surface area contributed by atoms with E-state index in [1.165, 1.54) is 20.3 Å². The summed E-state index contributed by atoms with van der Waals surface area (Å²) < 4.78 is 37.9. The third-order valence-corrected chi connectivity index (χ3v) is 6.94. The van der Waals surface area contributed by atoms with E-state index in [9.17, 15) is 10.2 Å². The van der Waals surface area contributed by atoms with Crippen molar-refractivity contribution in [2.24, 2.45) is 0 Å². The van der Waals surface area contributed by atoms with E-state index in [0.29, 0.717) is 39.7 Å². The number of benzene rings is 3. The van der Waals surface area contributed by atoms with Gasteiger partial charge in [0.2, 0.25) is 0 Å². The third-order valence-electron chi connectivity index (χ3n) is 6.94. The molecule has 3 aromatic carbocycles. The maximum atomic E-state index is 15.1. The fourth-order valence-electron chi connectivity index (χ4n) is 5.47. The number of hydrogen-bond acceptors (Lipinski definition) is 6. The van der Waals surface area contributed by atoms with Gasteiger partial charge in [0.15, 0.2) is 11.2 Å². The first-order valence-electron chi connectivity index (χ1n) is 10.7. The molecule has 1 saturated carbocycles. The van der Waals surface area contributed by atoms with Crippen molar-refractivity contribution in [2.75, 3.05) is 21.3 Å². The van der Waals surface area contributed by atoms with Crippen LogP contribution in [0.3, 0.4) is 0 Å². The second-order valence-corrected chi connectivity index (χ2v) is 8.36. The van der Waals surface area contributed by atoms with Gasteiger partial charge < -0.3 is 29.2 Å². The van der Waals surface area contributed by atoms with Crippen molar-refractivity contribution in [1.29, 1.82) is 0 Å². The Bertz CT molecular complexity index is 1200. The second-order valence-electron chi connectivity index (χ2n) is 8.36. The lowest BCUT2D eigenvalue weighted by Gasteiger charge is -2.40. The highest BCUT2D eigenvalue weighted by Crippen LogP contribution is 2.68. The molecule has 0 amide bonds. The van der Waals surface area contributed by atoms with Gasteiger partial charge in [-0.05, 0) is 35.7 Å². The number of aliphatic hydroxyl groups is 2. The molecule has 0 spiro atoms. The SMILES string of the molecule is COc1ccc([C@@]23Oc4cc(OC)cc(OC)c4[C@]2(O)[C@@H](O)C[C@H]3c2ccccc2F)cc1. The van der Waals surface area contributed by atoms with Gasteiger partial charge in [-0.1, -0.05) is 30.3 Å². The fourth-order valence-corrected chi connectivity index (χ4v) is 5.47. The number of hydrogen-bond donors (Lipinski definition) is 2. The minimum Gasteiger partial charge on any atom is -0.497 e. The normalized spacial score (nSPS) is 27.5. The molecule has 3 aromatic rings. The van der Waals surface area contributed by atoms with Crippen LogP contribution in [0.25, 0.3) is 0 Å². The fraction of sp³-hybridized carbons (Fsp3) is 0.308. The number of methoxy groups -OCH3 is 3. The zero-order valence-corrected chi connectivity index (χ0v) is 18.5. The smallest absolute Gasteiger partial charge is 0.176 e. The first kappa shape index (κ1) is 21.6. The van der Waals surface area contributed by atoms with Crippen LogP contribution < -0.4 is 18.9 Å². The van der Waals surface area contributed by atoms with Gasteiger partial charge in [0.25, 0.3) is 0 Å². The van der Waals surface area contributed by atoms with Crippen LogP contribution in [0.5, 0.6) is 23.0 Å². The molecule has 0 saturated heterocycles. The Labute approximate surface area is 191 Å². The first-order chi connectivity index (χ1) is 15.9. The van der Waals surface area contributed by atoms with Crippen LogP contribution in [-0.2, 0) is 11.2 Å². The highest BCUT2D eigenvalue weighted by Gasteiger charge is 2.73. The Morgan fingerprint density at radius 1 is 0.939 bits per heavy atom. The Morgan fingerprint density at radius 2 is 1.64 bits per heavy atom. The zero-order chi connectivity index (χ0) is 23.4. The van der Waals surface area contributed by atoms with Crippen LogP contribution in [0.1, 0.15) is 29.0 Å². The van der Waals surface area contributed by atoms with Crippen molar-refractivity contribution in [3.63, 3.8) is 0 Å². The van der Waals surface area contributed by atoms with E-state index in [0.717, 1.165) is 0 Å². The average Bonchev–Trinajstić information content (AvgIpc) is 3.24. The maximum Gasteiger partial charge on any atom is 0.176 e. The number of aliphatic hydroxyl groups excluding tert-OH is 1. The summed E-state index contributed by atoms with van der Waals surface area (Å²) in [4.78, 5) is 0. The van der Waals surface area contributed by atoms with Crippen LogP contribution in [0.15, 0.2) is 60.7 Å². The van der Waals surface area contributed by atoms with Crippen molar-refractivity contribution in [3.8, 4) is 23.0 Å². The van der Waals surface area contributed by atoms with Gasteiger partial charge in [-0.2, -0.15) is 0 Å². The van der Waals surface area contributed by atoms with Gasteiger partial charge >= 0.3 is 0 Å². The lowest BCUT2D eigenvalue weighted by molar-refractivity contribution is -0.150. The predicted octanol–water partition coefficient (Wildman–Crippen LogP) is 3.88. The molecule has 0 bridgehead atoms. The Kier molecular flexibility index (Phi) is 4.99. The highest BCUT2D eigenvalue weighted by atomic mass is 19.1. The van der Waals surface area contributed by atoms with E-state index in [1.54, 1.807) is 61.7 Å². The molecule has 5 rings (SSSR count). The average molecular weight is 452 g/mol. The summed E-state index contributed by atoms with van der Waals surface area (Å²) in [7, 11) is 4.55. The standard InChI is InChI=1S/C26H25FO6/c1-30-16-10-8-15(9-11-16)26-19(18-6-4-5-7-20(18)27)14-23(28)25(26,29)24-21(32-3)12-17(31-2)13-22(24)33-26/h4-13,19,23,28-29H,14H2,1-3H3/t19-,23-,25+,26-/m0/s1. The van der Waals surface area contributed by atoms with E-state index in [4.69, 9.17) is 18.9 Å². The van der Waals surface area contributed by atoms with E-state index in [2.05, 4.69) is 0 Å². The lowest BCUT2D eigenvalue weighted by Crippen LogP contribution is -2.52. The number of fused-ring (bicyclic) bond motifs is 3. The highest BCUT2D eigenvalue weighted by molar-refractivity contribution is 5.62. The van der Waals surface area contributed by atoms with Crippen LogP contribution in [0.4, 0.5) is 4.39 Å². The third kappa shape index (κ3) is 2.79. The van der Waals surface area contributed by atoms with Gasteiger partial charge in [-0.3, -0.25) is 0 Å². The summed E-state index contributed by atoms with van der Waals surface area (Å²) in [6, 6.07) is 16.7. The van der Waals surface area contributed by atoms with Gasteiger partial charge in [0.1, 0.15) is 28.8 Å². The molecule has 1 aliphatic heterocycles. The van der Waals surface area contributed by atoms with Crippen LogP contribution >= 0.6 is 0 Å². The minimum atomic E-state index is -1.92. The molecule has 2 N–H and O–H groups in total. The largest absolute Gasteiger partial charge is 0.497 e. The second kappa shape index (κ2) is 7.64. The van der Waals surface area contributed by atoms with Crippen LogP contribution in [0.2, 0.25) is 0 Å². The molecule has 172 valence electrons. The molecule has 33 heavy (non-hydrogen) atoms. The molecule has 6 nitrogen and oxygen atoms in total. The van der Waals surface area contributed by atoms with E-state index >= 15 is 4.39 Å². The Hall–Kier alpha value is -3.29. The van der Waals surface area contributed by atoms with Crippen molar-refractivity contribution in [3.05, 3.63) is 83.2 Å². The Balaban J connectivity index is 1.82. The molecule has 1 fully saturated rings. The maximum absolute atomic E-state index is 15.1. The van der Waals surface area contributed by atoms with Crippen molar-refractivity contribution in [2.45, 2.75) is 29.6 Å². The van der Waals surface area contributed by atoms with Crippen LogP contribution in [-0.4, -0.2) is 37.6 Å². The first-order valence-corrected chi connectivity index (χ1v) is 10.7. The molecular weight excluding hydrogens is 427 g/mol. The van der Waals surface area contributed by atoms with E-state index in [1.807, 2.05) is 0 Å². The van der Waals surface area contributed by atoms with Crippen molar-refractivity contribution >= 4 is 0 Å². The van der Waals surface area contributed by atoms with Gasteiger partial charge in [-0.15, -0.1) is 0 Å². The molecule has 0 aromatic heterocycles. The van der Waals surface area contributed by atoms with Crippen molar-refractivity contribution < 1.29 is 33.6 Å². The predicted molar refractivity (Wildman–Crippen MR) is 119 cm³/mol. The molecule has 7 heteroatoms. The molecule has 0 unspecified atom stereocenters. The lowest BCUT2D eigenvalue weighted by atomic mass is 9.71. The summed E-state index contributed by atoms with van der Waals surface area (Å²) in [6.07, 6.45) is -1.18. The zero-order valence-electron chi connectivity index (χ0n) is 18.5. The summed E-state index contributed by atoms with van der Waals surface area (Å²) >= 11 is 0. The monoisotopic (exact) mass is 452 g/mol. The number of halogens is 1. The quantitative estimate of drug-likeness (QED) is 0.612. The number of ether oxygens (including phenoxy) is 4. The summed E-state index contributed by atoms with van der Waals surface area (Å²) in [5.41, 5.74) is -2.20. The molecule has 0 radical (unpaired) electrons. The Morgan fingerprint density at radius 3 is 2.27 bits per heavy atom. The molecule has 4 atom stereocenters. The van der Waals surface area contributed by atoms with Gasteiger partial charge in [0.05, 0.1) is 33.0 Å². The van der Waals surface area contributed by atoms with Crippen molar-refractivity contribution in [1.82, 2.24) is 0 Å². The van der Waals surface area contributed by atoms with E-state index in [-0.39, 0.29) is 6.42 Å². The molecule has 1 heterocycles. The van der Waals surface area contributed by atoms with Crippen LogP contribution in [0, 0.1) is 5.82 Å². The topological polar surface area (TPSA) is 77.4 Å². The van der Waals surface area contributed by atoms with E-state index < -0.39 is 29.0 Å². The minimum absolute atomic E-state index is 0.0814. The van der Waals surface area contributed by atoms with Gasteiger partial charge in [0, 0.05) is 18.1 Å². The molecular formula is C26H25FO6.